The van der Waals surface area contributed by atoms with Gasteiger partial charge < -0.3 is 9.64 Å². The lowest BCUT2D eigenvalue weighted by Crippen LogP contribution is -2.45. The van der Waals surface area contributed by atoms with Crippen molar-refractivity contribution in [1.82, 2.24) is 4.98 Å². The molecule has 0 radical (unpaired) electrons. The highest BCUT2D eigenvalue weighted by atomic mass is 19.4. The molecule has 0 saturated heterocycles. The van der Waals surface area contributed by atoms with Crippen LogP contribution in [0.4, 0.5) is 34.6 Å². The van der Waals surface area contributed by atoms with Crippen LogP contribution in [0.1, 0.15) is 27.2 Å². The molecule has 4 rings (SSSR count). The molecule has 0 aliphatic carbocycles. The maximum atomic E-state index is 13.7. The fourth-order valence-electron chi connectivity index (χ4n) is 3.79. The highest BCUT2D eigenvalue weighted by molar-refractivity contribution is 6.13. The number of hydrogen-bond donors (Lipinski definition) is 0. The van der Waals surface area contributed by atoms with E-state index in [1.807, 2.05) is 0 Å². The van der Waals surface area contributed by atoms with Crippen LogP contribution in [0.2, 0.25) is 0 Å². The summed E-state index contributed by atoms with van der Waals surface area (Å²) in [5, 5.41) is 0. The van der Waals surface area contributed by atoms with Gasteiger partial charge in [-0.05, 0) is 61.9 Å². The van der Waals surface area contributed by atoms with Crippen LogP contribution in [-0.2, 0) is 6.18 Å². The van der Waals surface area contributed by atoms with Gasteiger partial charge in [-0.15, -0.1) is 0 Å². The number of aromatic nitrogens is 1. The zero-order chi connectivity index (χ0) is 23.2. The number of aryl methyl sites for hydroxylation is 2. The zero-order valence-corrected chi connectivity index (χ0v) is 17.5. The smallest absolute Gasteiger partial charge is 0.416 e. The third-order valence-electron chi connectivity index (χ3n) is 5.36. The highest BCUT2D eigenvalue weighted by Crippen LogP contribution is 2.40. The van der Waals surface area contributed by atoms with E-state index in [0.717, 1.165) is 12.1 Å². The number of halogens is 4. The number of benzene rings is 2. The number of amides is 1. The molecule has 0 fully saturated rings. The summed E-state index contributed by atoms with van der Waals surface area (Å²) in [5.74, 6) is -0.669. The van der Waals surface area contributed by atoms with E-state index >= 15 is 0 Å². The lowest BCUT2D eigenvalue weighted by molar-refractivity contribution is -0.137. The second-order valence-electron chi connectivity index (χ2n) is 7.42. The molecule has 1 aromatic heterocycles. The number of hydrogen-bond acceptors (Lipinski definition) is 4. The van der Waals surface area contributed by atoms with E-state index in [4.69, 9.17) is 4.74 Å². The van der Waals surface area contributed by atoms with Gasteiger partial charge in [-0.2, -0.15) is 13.2 Å². The summed E-state index contributed by atoms with van der Waals surface area (Å²) < 4.78 is 58.9. The number of alkyl halides is 3. The topological polar surface area (TPSA) is 45.7 Å². The van der Waals surface area contributed by atoms with Crippen LogP contribution in [0.5, 0.6) is 5.88 Å². The molecule has 9 heteroatoms. The van der Waals surface area contributed by atoms with Crippen LogP contribution >= 0.6 is 0 Å². The van der Waals surface area contributed by atoms with Crippen LogP contribution in [0.3, 0.4) is 0 Å². The summed E-state index contributed by atoms with van der Waals surface area (Å²) in [4.78, 5) is 20.7. The quantitative estimate of drug-likeness (QED) is 0.491. The number of fused-ring (bicyclic) bond motifs is 1. The lowest BCUT2D eigenvalue weighted by Gasteiger charge is -2.39. The molecule has 32 heavy (non-hydrogen) atoms. The molecule has 0 unspecified atom stereocenters. The van der Waals surface area contributed by atoms with Gasteiger partial charge in [-0.3, -0.25) is 9.69 Å². The Morgan fingerprint density at radius 2 is 1.62 bits per heavy atom. The van der Waals surface area contributed by atoms with Crippen molar-refractivity contribution in [2.24, 2.45) is 0 Å². The third kappa shape index (κ3) is 3.74. The average Bonchev–Trinajstić information content (AvgIpc) is 2.74. The van der Waals surface area contributed by atoms with Gasteiger partial charge in [-0.1, -0.05) is 0 Å². The monoisotopic (exact) mass is 445 g/mol. The molecule has 0 N–H and O–H groups in total. The molecule has 2 heterocycles. The molecule has 3 aromatic rings. The fourth-order valence-corrected chi connectivity index (χ4v) is 3.79. The van der Waals surface area contributed by atoms with Crippen molar-refractivity contribution in [2.75, 3.05) is 23.6 Å². The summed E-state index contributed by atoms with van der Waals surface area (Å²) in [5.41, 5.74) is 1.34. The summed E-state index contributed by atoms with van der Waals surface area (Å²) in [6.07, 6.45) is -4.61. The molecular formula is C23H19F4N3O2. The SMILES string of the molecule is COc1ccc(N2CN(c3ccc(F)cc3C)c3ccc(C(F)(F)F)cc3C2=O)c(C)n1. The van der Waals surface area contributed by atoms with E-state index in [9.17, 15) is 22.4 Å². The number of nitrogens with zero attached hydrogens (tertiary/aromatic N) is 3. The lowest BCUT2D eigenvalue weighted by atomic mass is 10.0. The average molecular weight is 445 g/mol. The van der Waals surface area contributed by atoms with E-state index < -0.39 is 23.5 Å². The normalized spacial score (nSPS) is 13.9. The third-order valence-corrected chi connectivity index (χ3v) is 5.36. The van der Waals surface area contributed by atoms with Crippen molar-refractivity contribution in [3.63, 3.8) is 0 Å². The summed E-state index contributed by atoms with van der Waals surface area (Å²) in [6.45, 7) is 3.39. The Labute approximate surface area is 181 Å². The van der Waals surface area contributed by atoms with Crippen LogP contribution in [0, 0.1) is 19.7 Å². The van der Waals surface area contributed by atoms with Gasteiger partial charge in [0, 0.05) is 11.8 Å². The molecular weight excluding hydrogens is 426 g/mol. The van der Waals surface area contributed by atoms with E-state index in [-0.39, 0.29) is 12.2 Å². The Morgan fingerprint density at radius 3 is 2.25 bits per heavy atom. The second-order valence-corrected chi connectivity index (χ2v) is 7.42. The second kappa shape index (κ2) is 7.81. The Balaban J connectivity index is 1.90. The molecule has 166 valence electrons. The molecule has 2 aromatic carbocycles. The summed E-state index contributed by atoms with van der Waals surface area (Å²) in [7, 11) is 1.46. The fraction of sp³-hybridized carbons (Fsp3) is 0.217. The first-order valence-corrected chi connectivity index (χ1v) is 9.68. The van der Waals surface area contributed by atoms with Crippen molar-refractivity contribution < 1.29 is 27.1 Å². The Bertz CT molecular complexity index is 1210. The predicted octanol–water partition coefficient (Wildman–Crippen LogP) is 5.62. The zero-order valence-electron chi connectivity index (χ0n) is 17.5. The molecule has 0 saturated carbocycles. The van der Waals surface area contributed by atoms with Crippen LogP contribution < -0.4 is 14.5 Å². The van der Waals surface area contributed by atoms with Gasteiger partial charge in [0.2, 0.25) is 5.88 Å². The van der Waals surface area contributed by atoms with E-state index in [2.05, 4.69) is 4.98 Å². The minimum Gasteiger partial charge on any atom is -0.481 e. The van der Waals surface area contributed by atoms with Crippen molar-refractivity contribution in [3.05, 3.63) is 76.7 Å². The Morgan fingerprint density at radius 1 is 0.938 bits per heavy atom. The van der Waals surface area contributed by atoms with Crippen LogP contribution in [-0.4, -0.2) is 24.7 Å². The molecule has 0 atom stereocenters. The molecule has 1 aliphatic rings. The first-order chi connectivity index (χ1) is 15.1. The Hall–Kier alpha value is -3.62. The highest BCUT2D eigenvalue weighted by Gasteiger charge is 2.37. The summed E-state index contributed by atoms with van der Waals surface area (Å²) in [6, 6.07) is 10.4. The van der Waals surface area contributed by atoms with Crippen molar-refractivity contribution in [2.45, 2.75) is 20.0 Å². The van der Waals surface area contributed by atoms with Crippen molar-refractivity contribution in [3.8, 4) is 5.88 Å². The van der Waals surface area contributed by atoms with Gasteiger partial charge in [0.25, 0.3) is 5.91 Å². The predicted molar refractivity (Wildman–Crippen MR) is 112 cm³/mol. The first kappa shape index (κ1) is 21.6. The standard InChI is InChI=1S/C23H19F4N3O2/c1-13-10-16(24)5-7-18(13)29-12-30(19-8-9-21(32-3)28-14(19)2)22(31)17-11-15(23(25,26)27)4-6-20(17)29/h4-11H,12H2,1-3H3. The minimum atomic E-state index is -4.61. The van der Waals surface area contributed by atoms with E-state index in [1.165, 1.54) is 30.2 Å². The first-order valence-electron chi connectivity index (χ1n) is 9.68. The molecule has 0 spiro atoms. The maximum absolute atomic E-state index is 13.7. The van der Waals surface area contributed by atoms with Gasteiger partial charge in [0.15, 0.2) is 0 Å². The summed E-state index contributed by atoms with van der Waals surface area (Å²) >= 11 is 0. The van der Waals surface area contributed by atoms with Gasteiger partial charge >= 0.3 is 6.18 Å². The number of pyridine rings is 1. The number of anilines is 3. The number of ether oxygens (including phenoxy) is 1. The van der Waals surface area contributed by atoms with Gasteiger partial charge in [0.1, 0.15) is 12.5 Å². The van der Waals surface area contributed by atoms with Crippen molar-refractivity contribution in [1.29, 1.82) is 0 Å². The maximum Gasteiger partial charge on any atom is 0.416 e. The molecule has 1 amide bonds. The number of rotatable bonds is 3. The van der Waals surface area contributed by atoms with Gasteiger partial charge in [-0.25, -0.2) is 9.37 Å². The molecule has 5 nitrogen and oxygen atoms in total. The Kier molecular flexibility index (Phi) is 5.28. The van der Waals surface area contributed by atoms with Crippen molar-refractivity contribution >= 4 is 23.0 Å². The minimum absolute atomic E-state index is 0.0124. The van der Waals surface area contributed by atoms with Crippen LogP contribution in [0.15, 0.2) is 48.5 Å². The number of methoxy groups -OCH3 is 1. The number of carbonyl (C=O) groups is 1. The largest absolute Gasteiger partial charge is 0.481 e. The van der Waals surface area contributed by atoms with Gasteiger partial charge in [0.05, 0.1) is 35.3 Å². The van der Waals surface area contributed by atoms with E-state index in [1.54, 1.807) is 36.9 Å². The van der Waals surface area contributed by atoms with Crippen LogP contribution in [0.25, 0.3) is 0 Å². The number of carbonyl (C=O) groups excluding carboxylic acids is 1. The molecule has 0 bridgehead atoms. The molecule has 1 aliphatic heterocycles. The van der Waals surface area contributed by atoms with E-state index in [0.29, 0.717) is 34.2 Å².